The van der Waals surface area contributed by atoms with E-state index < -0.39 is 6.29 Å². The van der Waals surface area contributed by atoms with Gasteiger partial charge in [-0.2, -0.15) is 0 Å². The van der Waals surface area contributed by atoms with Crippen LogP contribution in [0.15, 0.2) is 0 Å². The van der Waals surface area contributed by atoms with Crippen LogP contribution < -0.4 is 0 Å². The number of ether oxygens (including phenoxy) is 2. The third-order valence-electron chi connectivity index (χ3n) is 2.04. The van der Waals surface area contributed by atoms with E-state index in [0.29, 0.717) is 6.54 Å². The lowest BCUT2D eigenvalue weighted by Crippen LogP contribution is -2.38. The van der Waals surface area contributed by atoms with E-state index in [4.69, 9.17) is 9.47 Å². The molecular formula is C9H16NO3. The average Bonchev–Trinajstić information content (AvgIpc) is 2.19. The summed E-state index contributed by atoms with van der Waals surface area (Å²) in [5.74, 6) is 0. The monoisotopic (exact) mass is 186 g/mol. The molecule has 1 aliphatic rings. The Hall–Kier alpha value is -0.770. The Balaban J connectivity index is 2.29. The summed E-state index contributed by atoms with van der Waals surface area (Å²) in [5.41, 5.74) is 0. The van der Waals surface area contributed by atoms with Crippen molar-refractivity contribution in [2.24, 2.45) is 0 Å². The van der Waals surface area contributed by atoms with Crippen LogP contribution in [0.3, 0.4) is 0 Å². The molecule has 1 radical (unpaired) electrons. The van der Waals surface area contributed by atoms with Gasteiger partial charge in [0.25, 0.3) is 0 Å². The van der Waals surface area contributed by atoms with E-state index in [1.807, 2.05) is 0 Å². The number of methoxy groups -OCH3 is 1. The maximum absolute atomic E-state index is 11.4. The van der Waals surface area contributed by atoms with Crippen LogP contribution in [0.2, 0.25) is 0 Å². The van der Waals surface area contributed by atoms with Crippen LogP contribution in [0.5, 0.6) is 0 Å². The van der Waals surface area contributed by atoms with Crippen molar-refractivity contribution in [3.8, 4) is 0 Å². The summed E-state index contributed by atoms with van der Waals surface area (Å²) < 4.78 is 9.82. The highest BCUT2D eigenvalue weighted by Crippen LogP contribution is 2.09. The van der Waals surface area contributed by atoms with E-state index in [9.17, 15) is 4.79 Å². The highest BCUT2D eigenvalue weighted by Gasteiger charge is 2.19. The molecule has 13 heavy (non-hydrogen) atoms. The van der Waals surface area contributed by atoms with E-state index in [0.717, 1.165) is 19.4 Å². The molecule has 75 valence electrons. The number of nitrogens with zero attached hydrogens (tertiary/aromatic N) is 1. The van der Waals surface area contributed by atoms with Crippen LogP contribution in [0.1, 0.15) is 19.8 Å². The molecule has 0 N–H and O–H groups in total. The van der Waals surface area contributed by atoms with Gasteiger partial charge >= 0.3 is 6.09 Å². The molecule has 0 saturated carbocycles. The molecule has 0 bridgehead atoms. The van der Waals surface area contributed by atoms with Gasteiger partial charge < -0.3 is 14.4 Å². The zero-order chi connectivity index (χ0) is 9.68. The minimum absolute atomic E-state index is 0.287. The van der Waals surface area contributed by atoms with Crippen LogP contribution in [-0.4, -0.2) is 37.5 Å². The molecule has 1 aliphatic heterocycles. The Bertz CT molecular complexity index is 166. The molecular weight excluding hydrogens is 170 g/mol. The van der Waals surface area contributed by atoms with Gasteiger partial charge in [-0.15, -0.1) is 0 Å². The second-order valence-electron chi connectivity index (χ2n) is 3.06. The van der Waals surface area contributed by atoms with E-state index in [2.05, 4.69) is 6.42 Å². The molecule has 0 unspecified atom stereocenters. The first-order chi connectivity index (χ1) is 6.24. The molecule has 4 heteroatoms. The van der Waals surface area contributed by atoms with Gasteiger partial charge in [0.05, 0.1) is 0 Å². The van der Waals surface area contributed by atoms with Crippen molar-refractivity contribution in [2.75, 3.05) is 20.2 Å². The van der Waals surface area contributed by atoms with Gasteiger partial charge in [0.1, 0.15) is 0 Å². The molecule has 4 nitrogen and oxygen atoms in total. The lowest BCUT2D eigenvalue weighted by molar-refractivity contribution is -0.0779. The number of amides is 1. The molecule has 0 aliphatic carbocycles. The SMILES string of the molecule is CO[C@@H](C)OC(=O)N1C[CH]CCC1. The molecule has 0 aromatic carbocycles. The fourth-order valence-corrected chi connectivity index (χ4v) is 1.20. The largest absolute Gasteiger partial charge is 0.420 e. The summed E-state index contributed by atoms with van der Waals surface area (Å²) in [6.07, 6.45) is 3.45. The van der Waals surface area contributed by atoms with Crippen molar-refractivity contribution in [3.63, 3.8) is 0 Å². The number of carbonyl (C=O) groups is 1. The van der Waals surface area contributed by atoms with E-state index in [1.54, 1.807) is 11.8 Å². The highest BCUT2D eigenvalue weighted by atomic mass is 16.7. The van der Waals surface area contributed by atoms with Gasteiger partial charge in [0.2, 0.25) is 6.29 Å². The van der Waals surface area contributed by atoms with E-state index in [1.165, 1.54) is 7.11 Å². The maximum Gasteiger partial charge on any atom is 0.412 e. The van der Waals surface area contributed by atoms with Crippen molar-refractivity contribution in [1.82, 2.24) is 4.90 Å². The lowest BCUT2D eigenvalue weighted by Gasteiger charge is -2.26. The summed E-state index contributed by atoms with van der Waals surface area (Å²) in [6, 6.07) is 0. The van der Waals surface area contributed by atoms with Gasteiger partial charge in [-0.25, -0.2) is 4.79 Å². The number of rotatable bonds is 2. The standard InChI is InChI=1S/C9H16NO3/c1-8(12-2)13-9(11)10-6-4-3-5-7-10/h4,8H,3,5-7H2,1-2H3/t8-/m1/s1. The second kappa shape index (κ2) is 5.07. The Labute approximate surface area is 78.8 Å². The predicted octanol–water partition coefficient (Wildman–Crippen LogP) is 1.42. The van der Waals surface area contributed by atoms with Crippen LogP contribution in [-0.2, 0) is 9.47 Å². The lowest BCUT2D eigenvalue weighted by atomic mass is 10.1. The molecule has 1 heterocycles. The van der Waals surface area contributed by atoms with Crippen molar-refractivity contribution < 1.29 is 14.3 Å². The highest BCUT2D eigenvalue weighted by molar-refractivity contribution is 5.67. The van der Waals surface area contributed by atoms with Crippen molar-refractivity contribution in [1.29, 1.82) is 0 Å². The molecule has 1 rings (SSSR count). The van der Waals surface area contributed by atoms with Gasteiger partial charge in [0, 0.05) is 20.2 Å². The smallest absolute Gasteiger partial charge is 0.412 e. The van der Waals surface area contributed by atoms with Gasteiger partial charge in [-0.05, 0) is 26.2 Å². The normalized spacial score (nSPS) is 19.7. The Morgan fingerprint density at radius 1 is 1.62 bits per heavy atom. The summed E-state index contributed by atoms with van der Waals surface area (Å²) in [4.78, 5) is 13.1. The molecule has 1 atom stereocenters. The van der Waals surface area contributed by atoms with Crippen LogP contribution in [0.4, 0.5) is 4.79 Å². The summed E-state index contributed by atoms with van der Waals surface area (Å²) in [6.45, 7) is 3.17. The molecule has 0 aromatic heterocycles. The minimum Gasteiger partial charge on any atom is -0.420 e. The first-order valence-corrected chi connectivity index (χ1v) is 4.54. The Kier molecular flexibility index (Phi) is 4.02. The number of hydrogen-bond acceptors (Lipinski definition) is 3. The van der Waals surface area contributed by atoms with E-state index in [-0.39, 0.29) is 6.09 Å². The Morgan fingerprint density at radius 3 is 2.92 bits per heavy atom. The fourth-order valence-electron chi connectivity index (χ4n) is 1.20. The summed E-state index contributed by atoms with van der Waals surface area (Å²) in [5, 5.41) is 0. The quantitative estimate of drug-likeness (QED) is 0.612. The third kappa shape index (κ3) is 3.22. The number of carbonyl (C=O) groups excluding carboxylic acids is 1. The van der Waals surface area contributed by atoms with Crippen molar-refractivity contribution in [3.05, 3.63) is 6.42 Å². The number of likely N-dealkylation sites (tertiary alicyclic amines) is 1. The molecule has 0 spiro atoms. The zero-order valence-electron chi connectivity index (χ0n) is 8.16. The Morgan fingerprint density at radius 2 is 2.38 bits per heavy atom. The van der Waals surface area contributed by atoms with Gasteiger partial charge in [0.15, 0.2) is 0 Å². The first-order valence-electron chi connectivity index (χ1n) is 4.54. The maximum atomic E-state index is 11.4. The van der Waals surface area contributed by atoms with Crippen LogP contribution in [0.25, 0.3) is 0 Å². The van der Waals surface area contributed by atoms with Crippen LogP contribution in [0, 0.1) is 6.42 Å². The van der Waals surface area contributed by atoms with Crippen LogP contribution >= 0.6 is 0 Å². The molecule has 1 amide bonds. The van der Waals surface area contributed by atoms with Gasteiger partial charge in [-0.1, -0.05) is 0 Å². The number of hydrogen-bond donors (Lipinski definition) is 0. The van der Waals surface area contributed by atoms with E-state index >= 15 is 0 Å². The third-order valence-corrected chi connectivity index (χ3v) is 2.04. The zero-order valence-corrected chi connectivity index (χ0v) is 8.16. The molecule has 0 aromatic rings. The second-order valence-corrected chi connectivity index (χ2v) is 3.06. The topological polar surface area (TPSA) is 38.8 Å². The summed E-state index contributed by atoms with van der Waals surface area (Å²) >= 11 is 0. The fraction of sp³-hybridized carbons (Fsp3) is 0.778. The van der Waals surface area contributed by atoms with Crippen molar-refractivity contribution >= 4 is 6.09 Å². The minimum atomic E-state index is -0.463. The molecule has 1 fully saturated rings. The first kappa shape index (κ1) is 10.3. The van der Waals surface area contributed by atoms with Crippen molar-refractivity contribution in [2.45, 2.75) is 26.1 Å². The predicted molar refractivity (Wildman–Crippen MR) is 48.1 cm³/mol. The summed E-state index contributed by atoms with van der Waals surface area (Å²) in [7, 11) is 1.51. The number of piperidine rings is 1. The average molecular weight is 186 g/mol. The molecule has 1 saturated heterocycles. The van der Waals surface area contributed by atoms with Gasteiger partial charge in [-0.3, -0.25) is 0 Å².